The smallest absolute Gasteiger partial charge is 0.341 e. The molecule has 1 aliphatic carbocycles. The Morgan fingerprint density at radius 2 is 1.90 bits per heavy atom. The molecule has 0 aliphatic heterocycles. The lowest BCUT2D eigenvalue weighted by Crippen LogP contribution is -2.32. The van der Waals surface area contributed by atoms with Gasteiger partial charge in [-0.1, -0.05) is 35.9 Å². The minimum absolute atomic E-state index is 0.0144. The number of anilines is 1. The number of nitrogens with one attached hydrogen (secondary N) is 2. The van der Waals surface area contributed by atoms with Crippen LogP contribution in [0.25, 0.3) is 16.7 Å². The second kappa shape index (κ2) is 10.8. The largest absolute Gasteiger partial charge is 0.462 e. The van der Waals surface area contributed by atoms with Gasteiger partial charge in [-0.3, -0.25) is 19.4 Å². The van der Waals surface area contributed by atoms with Gasteiger partial charge in [0.1, 0.15) is 21.8 Å². The van der Waals surface area contributed by atoms with Gasteiger partial charge in [0.25, 0.3) is 11.5 Å². The molecule has 4 heterocycles. The molecule has 1 aromatic carbocycles. The molecule has 208 valence electrons. The van der Waals surface area contributed by atoms with Gasteiger partial charge in [0.2, 0.25) is 0 Å². The molecule has 0 radical (unpaired) electrons. The first kappa shape index (κ1) is 26.6. The Bertz CT molecular complexity index is 1950. The summed E-state index contributed by atoms with van der Waals surface area (Å²) in [4.78, 5) is 46.2. The molecule has 10 heteroatoms. The van der Waals surface area contributed by atoms with Crippen LogP contribution in [0.3, 0.4) is 0 Å². The van der Waals surface area contributed by atoms with Crippen molar-refractivity contribution >= 4 is 44.9 Å². The van der Waals surface area contributed by atoms with Gasteiger partial charge < -0.3 is 14.6 Å². The van der Waals surface area contributed by atoms with Crippen LogP contribution in [0.15, 0.2) is 59.5 Å². The molecule has 1 aliphatic rings. The lowest BCUT2D eigenvalue weighted by atomic mass is 9.95. The number of thiophene rings is 1. The van der Waals surface area contributed by atoms with E-state index in [4.69, 9.17) is 15.1 Å². The minimum atomic E-state index is -0.573. The number of carbonyl (C=O) groups is 2. The number of amides is 1. The highest BCUT2D eigenvalue weighted by atomic mass is 32.1. The van der Waals surface area contributed by atoms with E-state index >= 15 is 0 Å². The van der Waals surface area contributed by atoms with E-state index in [0.29, 0.717) is 21.9 Å². The summed E-state index contributed by atoms with van der Waals surface area (Å²) in [6.45, 7) is 4.21. The second-order valence-corrected chi connectivity index (χ2v) is 11.3. The monoisotopic (exact) mass is 567 g/mol. The molecule has 0 unspecified atom stereocenters. The van der Waals surface area contributed by atoms with Crippen molar-refractivity contribution in [1.82, 2.24) is 14.0 Å². The van der Waals surface area contributed by atoms with Crippen LogP contribution in [-0.4, -0.2) is 32.4 Å². The topological polar surface area (TPSA) is 119 Å². The van der Waals surface area contributed by atoms with Gasteiger partial charge in [0.05, 0.1) is 29.7 Å². The fraction of sp³-hybridized carbons (Fsp3) is 0.258. The van der Waals surface area contributed by atoms with E-state index in [9.17, 15) is 14.4 Å². The van der Waals surface area contributed by atoms with Crippen molar-refractivity contribution in [2.45, 2.75) is 46.1 Å². The van der Waals surface area contributed by atoms with Crippen molar-refractivity contribution < 1.29 is 14.3 Å². The Hall–Kier alpha value is -4.57. The zero-order valence-corrected chi connectivity index (χ0v) is 23.6. The Labute approximate surface area is 239 Å². The Morgan fingerprint density at radius 1 is 1.12 bits per heavy atom. The number of ether oxygens (including phenoxy) is 1. The number of benzene rings is 1. The van der Waals surface area contributed by atoms with Gasteiger partial charge in [-0.25, -0.2) is 9.78 Å². The third-order valence-electron chi connectivity index (χ3n) is 7.40. The molecule has 41 heavy (non-hydrogen) atoms. The maximum atomic E-state index is 13.8. The first-order valence-corrected chi connectivity index (χ1v) is 14.5. The van der Waals surface area contributed by atoms with Crippen LogP contribution in [0.1, 0.15) is 62.0 Å². The zero-order chi connectivity index (χ0) is 28.7. The van der Waals surface area contributed by atoms with Gasteiger partial charge in [0.15, 0.2) is 0 Å². The highest BCUT2D eigenvalue weighted by molar-refractivity contribution is 7.17. The predicted octanol–water partition coefficient (Wildman–Crippen LogP) is 4.85. The van der Waals surface area contributed by atoms with Crippen LogP contribution >= 0.6 is 11.3 Å². The van der Waals surface area contributed by atoms with Gasteiger partial charge in [-0.05, 0) is 68.9 Å². The number of pyridine rings is 2. The van der Waals surface area contributed by atoms with Crippen LogP contribution in [0.2, 0.25) is 0 Å². The average Bonchev–Trinajstić information content (AvgIpc) is 3.33. The fourth-order valence-electron chi connectivity index (χ4n) is 5.33. The SMILES string of the molecule is CCOC(=O)c1c(NC(=O)c2cc3c(=O)n4ccccc4nc3n(Cc3ccc(C)cc3)c2=N)sc2c1CCCC2. The summed E-state index contributed by atoms with van der Waals surface area (Å²) in [6.07, 6.45) is 5.21. The van der Waals surface area contributed by atoms with Crippen molar-refractivity contribution in [3.63, 3.8) is 0 Å². The standard InChI is InChI=1S/C31H29N5O4S/c1-3-40-31(39)25-20-8-4-5-9-23(20)41-29(25)34-28(37)21-16-22-27(33-24-10-6-7-15-35(24)30(22)38)36(26(21)32)17-19-13-11-18(2)12-14-19/h6-7,10-16,32H,3-5,8-9,17H2,1-2H3,(H,34,37). The van der Waals surface area contributed by atoms with E-state index in [1.807, 2.05) is 31.2 Å². The zero-order valence-electron chi connectivity index (χ0n) is 22.8. The Morgan fingerprint density at radius 3 is 2.68 bits per heavy atom. The first-order valence-electron chi connectivity index (χ1n) is 13.6. The van der Waals surface area contributed by atoms with Crippen molar-refractivity contribution in [2.24, 2.45) is 0 Å². The number of carbonyl (C=O) groups excluding carboxylic acids is 2. The number of nitrogens with zero attached hydrogens (tertiary/aromatic N) is 3. The maximum absolute atomic E-state index is 13.8. The van der Waals surface area contributed by atoms with Crippen LogP contribution in [0, 0.1) is 12.3 Å². The van der Waals surface area contributed by atoms with Gasteiger partial charge >= 0.3 is 5.97 Å². The van der Waals surface area contributed by atoms with Crippen molar-refractivity contribution in [2.75, 3.05) is 11.9 Å². The third kappa shape index (κ3) is 4.84. The molecule has 6 rings (SSSR count). The van der Waals surface area contributed by atoms with Crippen molar-refractivity contribution in [3.8, 4) is 0 Å². The summed E-state index contributed by atoms with van der Waals surface area (Å²) in [7, 11) is 0. The van der Waals surface area contributed by atoms with E-state index in [-0.39, 0.29) is 35.1 Å². The molecule has 0 atom stereocenters. The first-order chi connectivity index (χ1) is 19.9. The number of aryl methyl sites for hydroxylation is 2. The van der Waals surface area contributed by atoms with E-state index in [2.05, 4.69) is 5.32 Å². The molecule has 1 amide bonds. The lowest BCUT2D eigenvalue weighted by molar-refractivity contribution is 0.0526. The average molecular weight is 568 g/mol. The quantitative estimate of drug-likeness (QED) is 0.225. The third-order valence-corrected chi connectivity index (χ3v) is 8.61. The summed E-state index contributed by atoms with van der Waals surface area (Å²) in [6, 6.07) is 14.6. The van der Waals surface area contributed by atoms with Gasteiger partial charge in [-0.2, -0.15) is 0 Å². The Balaban J connectivity index is 1.51. The van der Waals surface area contributed by atoms with Crippen molar-refractivity contribution in [1.29, 1.82) is 5.41 Å². The highest BCUT2D eigenvalue weighted by Crippen LogP contribution is 2.38. The molecular formula is C31H29N5O4S. The van der Waals surface area contributed by atoms with E-state index < -0.39 is 11.9 Å². The van der Waals surface area contributed by atoms with E-state index in [0.717, 1.165) is 47.3 Å². The summed E-state index contributed by atoms with van der Waals surface area (Å²) in [5.74, 6) is -1.04. The lowest BCUT2D eigenvalue weighted by Gasteiger charge is -2.15. The number of hydrogen-bond donors (Lipinski definition) is 2. The summed E-state index contributed by atoms with van der Waals surface area (Å²) < 4.78 is 8.35. The molecule has 0 saturated heterocycles. The molecule has 0 spiro atoms. The molecule has 2 N–H and O–H groups in total. The van der Waals surface area contributed by atoms with Crippen LogP contribution in [0.5, 0.6) is 0 Å². The predicted molar refractivity (Wildman–Crippen MR) is 158 cm³/mol. The Kier molecular flexibility index (Phi) is 7.00. The molecule has 5 aromatic rings. The molecule has 0 bridgehead atoms. The second-order valence-electron chi connectivity index (χ2n) is 10.2. The normalized spacial score (nSPS) is 12.8. The fourth-order valence-corrected chi connectivity index (χ4v) is 6.61. The molecular weight excluding hydrogens is 538 g/mol. The molecule has 9 nitrogen and oxygen atoms in total. The van der Waals surface area contributed by atoms with Gasteiger partial charge in [0, 0.05) is 11.1 Å². The van der Waals surface area contributed by atoms with Crippen LogP contribution < -0.4 is 16.4 Å². The highest BCUT2D eigenvalue weighted by Gasteiger charge is 2.28. The number of aromatic nitrogens is 3. The van der Waals surface area contributed by atoms with E-state index in [1.165, 1.54) is 21.8 Å². The molecule has 4 aromatic heterocycles. The van der Waals surface area contributed by atoms with Crippen LogP contribution in [0.4, 0.5) is 5.00 Å². The minimum Gasteiger partial charge on any atom is -0.462 e. The number of esters is 1. The van der Waals surface area contributed by atoms with E-state index in [1.54, 1.807) is 35.9 Å². The van der Waals surface area contributed by atoms with Crippen LogP contribution in [-0.2, 0) is 24.1 Å². The summed E-state index contributed by atoms with van der Waals surface area (Å²) in [5, 5.41) is 12.6. The molecule has 0 saturated carbocycles. The summed E-state index contributed by atoms with van der Waals surface area (Å²) in [5.41, 5.74) is 3.69. The maximum Gasteiger partial charge on any atom is 0.341 e. The number of hydrogen-bond acceptors (Lipinski definition) is 7. The van der Waals surface area contributed by atoms with Gasteiger partial charge in [-0.15, -0.1) is 11.3 Å². The molecule has 0 fully saturated rings. The number of fused-ring (bicyclic) bond motifs is 3. The summed E-state index contributed by atoms with van der Waals surface area (Å²) >= 11 is 1.38. The van der Waals surface area contributed by atoms with Crippen molar-refractivity contribution in [3.05, 3.63) is 103 Å². The number of rotatable bonds is 6.